The number of thiocarbonyl (C=S) groups is 1. The first-order valence-corrected chi connectivity index (χ1v) is 9.68. The van der Waals surface area contributed by atoms with Crippen molar-refractivity contribution < 1.29 is 33.5 Å². The number of benzene rings is 2. The van der Waals surface area contributed by atoms with E-state index < -0.39 is 37.0 Å². The Bertz CT molecular complexity index is 803. The van der Waals surface area contributed by atoms with E-state index in [4.69, 9.17) is 40.6 Å². The van der Waals surface area contributed by atoms with Crippen LogP contribution in [-0.4, -0.2) is 54.8 Å². The van der Waals surface area contributed by atoms with Crippen molar-refractivity contribution in [2.75, 3.05) is 13.7 Å². The van der Waals surface area contributed by atoms with Crippen molar-refractivity contribution in [2.24, 2.45) is 0 Å². The maximum absolute atomic E-state index is 11.0. The van der Waals surface area contributed by atoms with Crippen LogP contribution in [0.15, 0.2) is 60.7 Å². The molecule has 1 N–H and O–H groups in total. The zero-order valence-corrected chi connectivity index (χ0v) is 16.6. The summed E-state index contributed by atoms with van der Waals surface area (Å²) in [5.41, 5.74) is 0.854. The lowest BCUT2D eigenvalue weighted by atomic mass is 9.97. The van der Waals surface area contributed by atoms with Crippen molar-refractivity contribution in [3.05, 3.63) is 66.2 Å². The maximum Gasteiger partial charge on any atom is 0.358 e. The summed E-state index contributed by atoms with van der Waals surface area (Å²) in [6, 6.07) is 18.5. The molecule has 2 aromatic rings. The van der Waals surface area contributed by atoms with Gasteiger partial charge in [-0.2, -0.15) is 0 Å². The van der Waals surface area contributed by atoms with E-state index in [2.05, 4.69) is 0 Å². The minimum absolute atomic E-state index is 0.143. The average Bonchev–Trinajstić information content (AvgIpc) is 2.76. The minimum Gasteiger partial charge on any atom is -0.445 e. The molecule has 0 spiro atoms. The number of aliphatic hydroxyl groups excluding tert-OH is 1. The van der Waals surface area contributed by atoms with Crippen LogP contribution in [0.4, 0.5) is 0 Å². The maximum atomic E-state index is 11.0. The van der Waals surface area contributed by atoms with Gasteiger partial charge in [0.1, 0.15) is 24.1 Å². The molecule has 2 heterocycles. The van der Waals surface area contributed by atoms with Gasteiger partial charge in [-0.1, -0.05) is 48.5 Å². The van der Waals surface area contributed by atoms with Crippen LogP contribution in [0.25, 0.3) is 0 Å². The standard InChI is InChI=1S/C21H22O7S/c1-23-20-18(28-21(29)25-14-10-6-3-7-11-14)16(22)17-15(26-20)12-24-19(27-17)13-8-4-2-5-9-13/h2-11,15-20,22H,12H2,1H3/t15-,16+,17-,18-,19-,20-/m1/s1. The Hall–Kier alpha value is -2.07. The van der Waals surface area contributed by atoms with Crippen LogP contribution in [0.2, 0.25) is 0 Å². The van der Waals surface area contributed by atoms with Gasteiger partial charge in [-0.25, -0.2) is 0 Å². The van der Waals surface area contributed by atoms with Crippen LogP contribution in [0.3, 0.4) is 0 Å². The van der Waals surface area contributed by atoms with E-state index in [-0.39, 0.29) is 11.8 Å². The van der Waals surface area contributed by atoms with Crippen molar-refractivity contribution in [2.45, 2.75) is 37.0 Å². The Morgan fingerprint density at radius 3 is 2.41 bits per heavy atom. The van der Waals surface area contributed by atoms with Gasteiger partial charge in [-0.05, 0) is 12.1 Å². The van der Waals surface area contributed by atoms with E-state index in [1.807, 2.05) is 48.5 Å². The lowest BCUT2D eigenvalue weighted by molar-refractivity contribution is -0.356. The van der Waals surface area contributed by atoms with Crippen LogP contribution in [0, 0.1) is 0 Å². The van der Waals surface area contributed by atoms with Gasteiger partial charge in [0.05, 0.1) is 6.61 Å². The summed E-state index contributed by atoms with van der Waals surface area (Å²) >= 11 is 5.18. The number of ether oxygens (including phenoxy) is 6. The highest BCUT2D eigenvalue weighted by molar-refractivity contribution is 7.79. The molecule has 2 fully saturated rings. The summed E-state index contributed by atoms with van der Waals surface area (Å²) in [7, 11) is 1.46. The lowest BCUT2D eigenvalue weighted by Gasteiger charge is -2.46. The van der Waals surface area contributed by atoms with E-state index in [0.29, 0.717) is 5.75 Å². The number of para-hydroxylation sites is 1. The Morgan fingerprint density at radius 2 is 1.72 bits per heavy atom. The molecule has 2 aliphatic rings. The third-order valence-electron chi connectivity index (χ3n) is 4.79. The van der Waals surface area contributed by atoms with Crippen molar-refractivity contribution in [1.82, 2.24) is 0 Å². The Labute approximate surface area is 174 Å². The average molecular weight is 418 g/mol. The molecule has 0 bridgehead atoms. The third kappa shape index (κ3) is 4.58. The zero-order valence-electron chi connectivity index (χ0n) is 15.7. The van der Waals surface area contributed by atoms with Gasteiger partial charge in [-0.15, -0.1) is 0 Å². The van der Waals surface area contributed by atoms with Gasteiger partial charge in [-0.3, -0.25) is 0 Å². The lowest BCUT2D eigenvalue weighted by Crippen LogP contribution is -2.63. The van der Waals surface area contributed by atoms with Gasteiger partial charge in [0.25, 0.3) is 0 Å². The molecule has 8 heteroatoms. The molecule has 154 valence electrons. The van der Waals surface area contributed by atoms with Gasteiger partial charge < -0.3 is 33.5 Å². The van der Waals surface area contributed by atoms with E-state index in [1.54, 1.807) is 12.1 Å². The first kappa shape index (κ1) is 20.2. The predicted molar refractivity (Wildman–Crippen MR) is 106 cm³/mol. The van der Waals surface area contributed by atoms with Gasteiger partial charge in [0.15, 0.2) is 18.7 Å². The smallest absolute Gasteiger partial charge is 0.358 e. The molecule has 29 heavy (non-hydrogen) atoms. The molecule has 2 aromatic carbocycles. The van der Waals surface area contributed by atoms with Gasteiger partial charge >= 0.3 is 5.24 Å². The van der Waals surface area contributed by atoms with Gasteiger partial charge in [0, 0.05) is 24.9 Å². The molecular weight excluding hydrogens is 396 g/mol. The Kier molecular flexibility index (Phi) is 6.39. The first-order valence-electron chi connectivity index (χ1n) is 9.27. The number of fused-ring (bicyclic) bond motifs is 1. The summed E-state index contributed by atoms with van der Waals surface area (Å²) in [4.78, 5) is 0. The number of hydrogen-bond acceptors (Lipinski definition) is 8. The molecular formula is C21H22O7S. The van der Waals surface area contributed by atoms with Crippen LogP contribution in [0.1, 0.15) is 11.9 Å². The molecule has 2 aliphatic heterocycles. The highest BCUT2D eigenvalue weighted by Crippen LogP contribution is 2.35. The van der Waals surface area contributed by atoms with Crippen LogP contribution >= 0.6 is 12.2 Å². The molecule has 0 unspecified atom stereocenters. The van der Waals surface area contributed by atoms with Crippen LogP contribution in [-0.2, 0) is 23.7 Å². The second-order valence-corrected chi connectivity index (χ2v) is 7.03. The number of aliphatic hydroxyl groups is 1. The van der Waals surface area contributed by atoms with E-state index >= 15 is 0 Å². The molecule has 0 radical (unpaired) electrons. The zero-order chi connectivity index (χ0) is 20.2. The van der Waals surface area contributed by atoms with Crippen LogP contribution < -0.4 is 4.74 Å². The fourth-order valence-corrected chi connectivity index (χ4v) is 3.59. The SMILES string of the molecule is CO[C@@H]1O[C@@H]2CO[C@@H](c3ccccc3)O[C@H]2[C@H](O)[C@H]1OC(=S)Oc1ccccc1. The molecule has 7 nitrogen and oxygen atoms in total. The predicted octanol–water partition coefficient (Wildman–Crippen LogP) is 2.58. The molecule has 2 saturated heterocycles. The fourth-order valence-electron chi connectivity index (χ4n) is 3.38. The van der Waals surface area contributed by atoms with Crippen molar-refractivity contribution >= 4 is 17.5 Å². The Balaban J connectivity index is 1.45. The highest BCUT2D eigenvalue weighted by atomic mass is 32.1. The molecule has 6 atom stereocenters. The summed E-state index contributed by atoms with van der Waals surface area (Å²) in [6.07, 6.45) is -4.63. The quantitative estimate of drug-likeness (QED) is 0.760. The Morgan fingerprint density at radius 1 is 1.03 bits per heavy atom. The summed E-state index contributed by atoms with van der Waals surface area (Å²) in [5.74, 6) is 0.530. The molecule has 4 rings (SSSR count). The van der Waals surface area contributed by atoms with Crippen molar-refractivity contribution in [3.8, 4) is 5.75 Å². The fraction of sp³-hybridized carbons (Fsp3) is 0.381. The molecule has 0 saturated carbocycles. The van der Waals surface area contributed by atoms with Gasteiger partial charge in [0.2, 0.25) is 0 Å². The van der Waals surface area contributed by atoms with E-state index in [1.165, 1.54) is 7.11 Å². The van der Waals surface area contributed by atoms with Crippen molar-refractivity contribution in [1.29, 1.82) is 0 Å². The second kappa shape index (κ2) is 9.17. The summed E-state index contributed by atoms with van der Waals surface area (Å²) in [6.45, 7) is 0.249. The first-order chi connectivity index (χ1) is 14.2. The second-order valence-electron chi connectivity index (χ2n) is 6.69. The molecule has 0 amide bonds. The summed E-state index contributed by atoms with van der Waals surface area (Å²) < 4.78 is 34.2. The number of methoxy groups -OCH3 is 1. The van der Waals surface area contributed by atoms with Crippen LogP contribution in [0.5, 0.6) is 5.75 Å². The minimum atomic E-state index is -1.06. The topological polar surface area (TPSA) is 75.6 Å². The summed E-state index contributed by atoms with van der Waals surface area (Å²) in [5, 5.41) is 10.8. The van der Waals surface area contributed by atoms with E-state index in [0.717, 1.165) is 5.56 Å². The van der Waals surface area contributed by atoms with E-state index in [9.17, 15) is 5.11 Å². The largest absolute Gasteiger partial charge is 0.445 e. The molecule has 0 aliphatic carbocycles. The van der Waals surface area contributed by atoms with Crippen molar-refractivity contribution in [3.63, 3.8) is 0 Å². The third-order valence-corrected chi connectivity index (χ3v) is 4.97. The molecule has 0 aromatic heterocycles. The number of hydrogen-bond donors (Lipinski definition) is 1. The highest BCUT2D eigenvalue weighted by Gasteiger charge is 2.51. The number of rotatable bonds is 4. The normalized spacial score (nSPS) is 31.5. The monoisotopic (exact) mass is 418 g/mol.